The lowest BCUT2D eigenvalue weighted by Crippen LogP contribution is -2.14. The van der Waals surface area contributed by atoms with E-state index in [2.05, 4.69) is 29.5 Å². The first-order chi connectivity index (χ1) is 14.7. The predicted molar refractivity (Wildman–Crippen MR) is 122 cm³/mol. The van der Waals surface area contributed by atoms with Gasteiger partial charge in [0.25, 0.3) is 5.91 Å². The maximum absolute atomic E-state index is 13.1. The zero-order chi connectivity index (χ0) is 20.8. The number of anilines is 1. The van der Waals surface area contributed by atoms with Gasteiger partial charge < -0.3 is 5.32 Å². The van der Waals surface area contributed by atoms with Crippen molar-refractivity contribution in [2.75, 3.05) is 5.32 Å². The highest BCUT2D eigenvalue weighted by Gasteiger charge is 2.14. The summed E-state index contributed by atoms with van der Waals surface area (Å²) in [4.78, 5) is 13.1. The van der Waals surface area contributed by atoms with Crippen LogP contribution in [0.15, 0.2) is 97.2 Å². The van der Waals surface area contributed by atoms with Crippen LogP contribution >= 0.6 is 0 Å². The number of carbonyl (C=O) groups is 1. The molecule has 1 N–H and O–H groups in total. The van der Waals surface area contributed by atoms with Gasteiger partial charge in [0.1, 0.15) is 0 Å². The molecule has 0 bridgehead atoms. The Morgan fingerprint density at radius 2 is 1.57 bits per heavy atom. The molecular formula is C26H23N3O. The summed E-state index contributed by atoms with van der Waals surface area (Å²) in [6.07, 6.45) is 3.78. The van der Waals surface area contributed by atoms with Crippen LogP contribution in [-0.2, 0) is 11.3 Å². The third-order valence-corrected chi connectivity index (χ3v) is 4.92. The molecule has 4 nitrogen and oxygen atoms in total. The second-order valence-corrected chi connectivity index (χ2v) is 7.11. The number of aryl methyl sites for hydroxylation is 1. The van der Waals surface area contributed by atoms with Gasteiger partial charge in [0.05, 0.1) is 6.54 Å². The van der Waals surface area contributed by atoms with Gasteiger partial charge in [0, 0.05) is 17.8 Å². The van der Waals surface area contributed by atoms with Gasteiger partial charge in [-0.1, -0.05) is 84.9 Å². The van der Waals surface area contributed by atoms with E-state index < -0.39 is 0 Å². The minimum Gasteiger partial charge on any atom is -0.305 e. The SMILES string of the molecule is Cc1ccccc1Cn1ccc(NC(=O)/C(=C\c2ccccc2)c2ccccc2)n1. The third kappa shape index (κ3) is 4.73. The first-order valence-corrected chi connectivity index (χ1v) is 9.90. The Balaban J connectivity index is 1.55. The molecule has 0 fully saturated rings. The Bertz CT molecular complexity index is 1160. The van der Waals surface area contributed by atoms with Crippen molar-refractivity contribution in [1.29, 1.82) is 0 Å². The van der Waals surface area contributed by atoms with Gasteiger partial charge in [-0.25, -0.2) is 0 Å². The van der Waals surface area contributed by atoms with Gasteiger partial charge in [-0.3, -0.25) is 9.48 Å². The fourth-order valence-electron chi connectivity index (χ4n) is 3.28. The highest BCUT2D eigenvalue weighted by Crippen LogP contribution is 2.20. The minimum absolute atomic E-state index is 0.189. The third-order valence-electron chi connectivity index (χ3n) is 4.92. The van der Waals surface area contributed by atoms with Gasteiger partial charge in [0.15, 0.2) is 5.82 Å². The number of aromatic nitrogens is 2. The van der Waals surface area contributed by atoms with Crippen molar-refractivity contribution in [2.24, 2.45) is 0 Å². The Labute approximate surface area is 176 Å². The van der Waals surface area contributed by atoms with E-state index in [0.29, 0.717) is 17.9 Å². The molecule has 0 aliphatic rings. The molecule has 0 unspecified atom stereocenters. The van der Waals surface area contributed by atoms with Gasteiger partial charge in [-0.2, -0.15) is 5.10 Å². The van der Waals surface area contributed by atoms with E-state index in [1.165, 1.54) is 11.1 Å². The first kappa shape index (κ1) is 19.4. The molecular weight excluding hydrogens is 370 g/mol. The van der Waals surface area contributed by atoms with Crippen molar-refractivity contribution in [3.05, 3.63) is 119 Å². The fraction of sp³-hybridized carbons (Fsp3) is 0.0769. The van der Waals surface area contributed by atoms with Crippen LogP contribution in [0, 0.1) is 6.92 Å². The smallest absolute Gasteiger partial charge is 0.257 e. The average Bonchev–Trinajstić information content (AvgIpc) is 3.21. The van der Waals surface area contributed by atoms with Crippen molar-refractivity contribution in [3.8, 4) is 0 Å². The maximum atomic E-state index is 13.1. The Morgan fingerprint density at radius 3 is 2.30 bits per heavy atom. The number of rotatable bonds is 6. The van der Waals surface area contributed by atoms with E-state index >= 15 is 0 Å². The molecule has 148 valence electrons. The number of hydrogen-bond acceptors (Lipinski definition) is 2. The molecule has 4 heteroatoms. The van der Waals surface area contributed by atoms with E-state index in [1.807, 2.05) is 95.8 Å². The molecule has 4 aromatic rings. The van der Waals surface area contributed by atoms with Crippen molar-refractivity contribution in [1.82, 2.24) is 9.78 Å². The van der Waals surface area contributed by atoms with Gasteiger partial charge in [-0.15, -0.1) is 0 Å². The van der Waals surface area contributed by atoms with Crippen molar-refractivity contribution < 1.29 is 4.79 Å². The summed E-state index contributed by atoms with van der Waals surface area (Å²) in [5, 5.41) is 7.47. The summed E-state index contributed by atoms with van der Waals surface area (Å²) in [5.74, 6) is 0.342. The Kier molecular flexibility index (Phi) is 5.85. The number of nitrogens with one attached hydrogen (secondary N) is 1. The summed E-state index contributed by atoms with van der Waals surface area (Å²) < 4.78 is 1.83. The van der Waals surface area contributed by atoms with E-state index in [1.54, 1.807) is 0 Å². The predicted octanol–water partition coefficient (Wildman–Crippen LogP) is 5.42. The normalized spacial score (nSPS) is 11.3. The molecule has 4 rings (SSSR count). The van der Waals surface area contributed by atoms with Gasteiger partial charge >= 0.3 is 0 Å². The summed E-state index contributed by atoms with van der Waals surface area (Å²) in [6, 6.07) is 29.5. The lowest BCUT2D eigenvalue weighted by molar-refractivity contribution is -0.111. The van der Waals surface area contributed by atoms with Crippen LogP contribution in [0.5, 0.6) is 0 Å². The van der Waals surface area contributed by atoms with Gasteiger partial charge in [0.2, 0.25) is 0 Å². The van der Waals surface area contributed by atoms with E-state index in [4.69, 9.17) is 0 Å². The van der Waals surface area contributed by atoms with Gasteiger partial charge in [-0.05, 0) is 35.3 Å². The second kappa shape index (κ2) is 9.05. The molecule has 0 saturated heterocycles. The molecule has 3 aromatic carbocycles. The van der Waals surface area contributed by atoms with Crippen LogP contribution in [0.2, 0.25) is 0 Å². The van der Waals surface area contributed by atoms with Crippen LogP contribution in [0.3, 0.4) is 0 Å². The standard InChI is InChI=1S/C26H23N3O/c1-20-10-8-9-15-23(20)19-29-17-16-25(28-29)27-26(30)24(22-13-6-3-7-14-22)18-21-11-4-2-5-12-21/h2-18H,19H2,1H3,(H,27,28,30)/b24-18-. The fourth-order valence-corrected chi connectivity index (χ4v) is 3.28. The van der Waals surface area contributed by atoms with Crippen LogP contribution in [0.4, 0.5) is 5.82 Å². The molecule has 0 radical (unpaired) electrons. The number of hydrogen-bond donors (Lipinski definition) is 1. The number of carbonyl (C=O) groups excluding carboxylic acids is 1. The topological polar surface area (TPSA) is 46.9 Å². The van der Waals surface area contributed by atoms with E-state index in [0.717, 1.165) is 11.1 Å². The lowest BCUT2D eigenvalue weighted by atomic mass is 10.0. The quantitative estimate of drug-likeness (QED) is 0.351. The van der Waals surface area contributed by atoms with Crippen molar-refractivity contribution in [3.63, 3.8) is 0 Å². The average molecular weight is 393 g/mol. The van der Waals surface area contributed by atoms with Crippen molar-refractivity contribution in [2.45, 2.75) is 13.5 Å². The summed E-state index contributed by atoms with van der Waals surface area (Å²) in [5.41, 5.74) is 4.84. The number of benzene rings is 3. The van der Waals surface area contributed by atoms with E-state index in [-0.39, 0.29) is 5.91 Å². The molecule has 1 aromatic heterocycles. The first-order valence-electron chi connectivity index (χ1n) is 9.90. The monoisotopic (exact) mass is 393 g/mol. The minimum atomic E-state index is -0.189. The van der Waals surface area contributed by atoms with Crippen LogP contribution in [-0.4, -0.2) is 15.7 Å². The highest BCUT2D eigenvalue weighted by molar-refractivity contribution is 6.29. The zero-order valence-corrected chi connectivity index (χ0v) is 16.8. The van der Waals surface area contributed by atoms with Crippen molar-refractivity contribution >= 4 is 23.4 Å². The molecule has 1 heterocycles. The maximum Gasteiger partial charge on any atom is 0.257 e. The van der Waals surface area contributed by atoms with Crippen LogP contribution in [0.25, 0.3) is 11.6 Å². The van der Waals surface area contributed by atoms with Crippen LogP contribution in [0.1, 0.15) is 22.3 Å². The van der Waals surface area contributed by atoms with Crippen LogP contribution < -0.4 is 5.32 Å². The number of amides is 1. The summed E-state index contributed by atoms with van der Waals surface area (Å²) in [6.45, 7) is 2.75. The summed E-state index contributed by atoms with van der Waals surface area (Å²) in [7, 11) is 0. The molecule has 0 aliphatic carbocycles. The molecule has 30 heavy (non-hydrogen) atoms. The van der Waals surface area contributed by atoms with E-state index in [9.17, 15) is 4.79 Å². The lowest BCUT2D eigenvalue weighted by Gasteiger charge is -2.09. The second-order valence-electron chi connectivity index (χ2n) is 7.11. The summed E-state index contributed by atoms with van der Waals surface area (Å²) >= 11 is 0. The zero-order valence-electron chi connectivity index (χ0n) is 16.8. The molecule has 0 aliphatic heterocycles. The Hall–Kier alpha value is -3.92. The Morgan fingerprint density at radius 1 is 0.900 bits per heavy atom. The molecule has 1 amide bonds. The highest BCUT2D eigenvalue weighted by atomic mass is 16.1. The molecule has 0 spiro atoms. The number of nitrogens with zero attached hydrogens (tertiary/aromatic N) is 2. The molecule has 0 atom stereocenters. The largest absolute Gasteiger partial charge is 0.305 e. The molecule has 0 saturated carbocycles.